The Kier molecular flexibility index (Phi) is 4.83. The third-order valence-corrected chi connectivity index (χ3v) is 3.92. The second-order valence-corrected chi connectivity index (χ2v) is 6.34. The van der Waals surface area contributed by atoms with E-state index >= 15 is 0 Å². The van der Waals surface area contributed by atoms with Crippen LogP contribution in [0.25, 0.3) is 6.08 Å². The van der Waals surface area contributed by atoms with E-state index in [4.69, 9.17) is 0 Å². The zero-order valence-electron chi connectivity index (χ0n) is 11.8. The summed E-state index contributed by atoms with van der Waals surface area (Å²) >= 11 is 0. The lowest BCUT2D eigenvalue weighted by Gasteiger charge is -2.11. The van der Waals surface area contributed by atoms with Crippen molar-refractivity contribution in [3.05, 3.63) is 34.9 Å². The zero-order chi connectivity index (χ0) is 15.5. The number of ether oxygens (including phenoxy) is 1. The Labute approximate surface area is 118 Å². The first kappa shape index (κ1) is 16.1. The summed E-state index contributed by atoms with van der Waals surface area (Å²) in [5, 5.41) is 0. The van der Waals surface area contributed by atoms with Crippen LogP contribution in [0.2, 0.25) is 0 Å². The lowest BCUT2D eigenvalue weighted by molar-refractivity contribution is -0.112. The molecule has 0 atom stereocenters. The number of hydrogen-bond donors (Lipinski definition) is 0. The maximum atomic E-state index is 11.8. The van der Waals surface area contributed by atoms with Crippen LogP contribution in [0.4, 0.5) is 0 Å². The number of esters is 1. The smallest absolute Gasteiger partial charge is 0.338 e. The maximum absolute atomic E-state index is 11.8. The van der Waals surface area contributed by atoms with Gasteiger partial charge in [-0.1, -0.05) is 0 Å². The van der Waals surface area contributed by atoms with E-state index in [1.165, 1.54) is 38.3 Å². The van der Waals surface area contributed by atoms with Gasteiger partial charge in [0.2, 0.25) is 0 Å². The maximum Gasteiger partial charge on any atom is 0.338 e. The molecule has 0 N–H and O–H groups in total. The Bertz CT molecular complexity index is 684. The van der Waals surface area contributed by atoms with Crippen molar-refractivity contribution in [2.75, 3.05) is 13.4 Å². The Morgan fingerprint density at radius 2 is 1.85 bits per heavy atom. The average molecular weight is 296 g/mol. The topological polar surface area (TPSA) is 77.5 Å². The van der Waals surface area contributed by atoms with Gasteiger partial charge in [-0.15, -0.1) is 0 Å². The highest BCUT2D eigenvalue weighted by molar-refractivity contribution is 7.90. The van der Waals surface area contributed by atoms with Crippen molar-refractivity contribution >= 4 is 27.7 Å². The zero-order valence-corrected chi connectivity index (χ0v) is 12.6. The third-order valence-electron chi connectivity index (χ3n) is 2.76. The molecule has 108 valence electrons. The van der Waals surface area contributed by atoms with Crippen LogP contribution in [0.5, 0.6) is 0 Å². The fourth-order valence-electron chi connectivity index (χ4n) is 1.77. The summed E-state index contributed by atoms with van der Waals surface area (Å²) in [5.41, 5.74) is 1.05. The molecule has 0 aliphatic carbocycles. The van der Waals surface area contributed by atoms with Gasteiger partial charge in [0.1, 0.15) is 0 Å². The molecular weight excluding hydrogens is 280 g/mol. The molecule has 0 unspecified atom stereocenters. The van der Waals surface area contributed by atoms with Crippen molar-refractivity contribution < 1.29 is 22.7 Å². The van der Waals surface area contributed by atoms with Gasteiger partial charge in [-0.25, -0.2) is 13.2 Å². The number of carbonyl (C=O) groups is 2. The summed E-state index contributed by atoms with van der Waals surface area (Å²) < 4.78 is 28.2. The Hall–Kier alpha value is -1.95. The first-order chi connectivity index (χ1) is 9.18. The predicted molar refractivity (Wildman–Crippen MR) is 75.3 cm³/mol. The molecular formula is C14H16O5S. The van der Waals surface area contributed by atoms with Crippen LogP contribution < -0.4 is 0 Å². The molecule has 0 saturated heterocycles. The van der Waals surface area contributed by atoms with Gasteiger partial charge in [-0.3, -0.25) is 4.79 Å². The van der Waals surface area contributed by atoms with Gasteiger partial charge in [0.05, 0.1) is 17.6 Å². The lowest BCUT2D eigenvalue weighted by Crippen LogP contribution is -2.09. The monoisotopic (exact) mass is 296 g/mol. The van der Waals surface area contributed by atoms with Crippen LogP contribution in [0.15, 0.2) is 23.1 Å². The summed E-state index contributed by atoms with van der Waals surface area (Å²) in [5.74, 6) is -0.771. The number of allylic oxidation sites excluding steroid dienone is 1. The molecule has 0 aromatic heterocycles. The Balaban J connectivity index is 3.62. The highest BCUT2D eigenvalue weighted by Gasteiger charge is 2.19. The van der Waals surface area contributed by atoms with Crippen molar-refractivity contribution in [1.82, 2.24) is 0 Å². The fourth-order valence-corrected chi connectivity index (χ4v) is 2.70. The molecule has 0 amide bonds. The van der Waals surface area contributed by atoms with Crippen LogP contribution in [0, 0.1) is 6.92 Å². The average Bonchev–Trinajstić information content (AvgIpc) is 2.34. The SMILES string of the molecule is COC(=O)c1ccc(S(C)(=O)=O)c(/C=C/C(C)=O)c1C. The number of methoxy groups -OCH3 is 1. The van der Waals surface area contributed by atoms with E-state index in [0.717, 1.165) is 6.26 Å². The number of carbonyl (C=O) groups excluding carboxylic acids is 2. The summed E-state index contributed by atoms with van der Waals surface area (Å²) in [7, 11) is -2.22. The molecule has 0 aliphatic rings. The second-order valence-electron chi connectivity index (χ2n) is 4.36. The Morgan fingerprint density at radius 1 is 1.25 bits per heavy atom. The predicted octanol–water partition coefficient (Wildman–Crippen LogP) is 1.79. The van der Waals surface area contributed by atoms with Crippen LogP contribution in [-0.4, -0.2) is 33.5 Å². The van der Waals surface area contributed by atoms with Gasteiger partial charge in [0.15, 0.2) is 15.6 Å². The summed E-state index contributed by atoms with van der Waals surface area (Å²) in [4.78, 5) is 22.7. The normalized spacial score (nSPS) is 11.6. The van der Waals surface area contributed by atoms with Crippen molar-refractivity contribution in [3.8, 4) is 0 Å². The highest BCUT2D eigenvalue weighted by Crippen LogP contribution is 2.25. The van der Waals surface area contributed by atoms with Gasteiger partial charge in [0, 0.05) is 6.26 Å². The minimum absolute atomic E-state index is 0.0696. The molecule has 0 saturated carbocycles. The number of benzene rings is 1. The molecule has 0 spiro atoms. The van der Waals surface area contributed by atoms with Gasteiger partial charge < -0.3 is 4.74 Å². The summed E-state index contributed by atoms with van der Waals surface area (Å²) in [6, 6.07) is 2.75. The van der Waals surface area contributed by atoms with E-state index < -0.39 is 15.8 Å². The number of rotatable bonds is 4. The third kappa shape index (κ3) is 3.54. The highest BCUT2D eigenvalue weighted by atomic mass is 32.2. The van der Waals surface area contributed by atoms with Gasteiger partial charge in [-0.05, 0) is 49.3 Å². The van der Waals surface area contributed by atoms with Crippen molar-refractivity contribution in [2.24, 2.45) is 0 Å². The molecule has 6 heteroatoms. The summed E-state index contributed by atoms with van der Waals surface area (Å²) in [6.07, 6.45) is 3.74. The number of sulfone groups is 1. The first-order valence-corrected chi connectivity index (χ1v) is 7.68. The Morgan fingerprint density at radius 3 is 2.30 bits per heavy atom. The minimum Gasteiger partial charge on any atom is -0.465 e. The van der Waals surface area contributed by atoms with Gasteiger partial charge in [-0.2, -0.15) is 0 Å². The second kappa shape index (κ2) is 6.00. The fraction of sp³-hybridized carbons (Fsp3) is 0.286. The van der Waals surface area contributed by atoms with Crippen LogP contribution in [0.3, 0.4) is 0 Å². The van der Waals surface area contributed by atoms with Gasteiger partial charge >= 0.3 is 5.97 Å². The van der Waals surface area contributed by atoms with Crippen LogP contribution in [-0.2, 0) is 19.4 Å². The number of hydrogen-bond acceptors (Lipinski definition) is 5. The summed E-state index contributed by atoms with van der Waals surface area (Å²) in [6.45, 7) is 2.97. The molecule has 0 radical (unpaired) electrons. The lowest BCUT2D eigenvalue weighted by atomic mass is 10.0. The molecule has 1 aromatic carbocycles. The van der Waals surface area contributed by atoms with Gasteiger partial charge in [0.25, 0.3) is 0 Å². The van der Waals surface area contributed by atoms with Crippen molar-refractivity contribution in [1.29, 1.82) is 0 Å². The molecule has 0 aliphatic heterocycles. The first-order valence-electron chi connectivity index (χ1n) is 5.79. The van der Waals surface area contributed by atoms with E-state index in [-0.39, 0.29) is 16.2 Å². The van der Waals surface area contributed by atoms with Crippen molar-refractivity contribution in [3.63, 3.8) is 0 Å². The molecule has 5 nitrogen and oxygen atoms in total. The van der Waals surface area contributed by atoms with E-state index in [0.29, 0.717) is 11.1 Å². The standard InChI is InChI=1S/C14H16O5S/c1-9(15)5-6-11-10(2)12(14(16)19-3)7-8-13(11)20(4,17)18/h5-8H,1-4H3/b6-5+. The van der Waals surface area contributed by atoms with E-state index in [1.54, 1.807) is 6.92 Å². The molecule has 0 bridgehead atoms. The largest absolute Gasteiger partial charge is 0.465 e. The van der Waals surface area contributed by atoms with E-state index in [1.807, 2.05) is 0 Å². The van der Waals surface area contributed by atoms with Crippen LogP contribution >= 0.6 is 0 Å². The van der Waals surface area contributed by atoms with E-state index in [9.17, 15) is 18.0 Å². The molecule has 20 heavy (non-hydrogen) atoms. The van der Waals surface area contributed by atoms with Crippen LogP contribution in [0.1, 0.15) is 28.4 Å². The van der Waals surface area contributed by atoms with E-state index in [2.05, 4.69) is 4.74 Å². The molecule has 0 heterocycles. The minimum atomic E-state index is -3.47. The molecule has 1 rings (SSSR count). The number of ketones is 1. The quantitative estimate of drug-likeness (QED) is 0.625. The molecule has 0 fully saturated rings. The molecule has 1 aromatic rings. The van der Waals surface area contributed by atoms with Crippen molar-refractivity contribution in [2.45, 2.75) is 18.7 Å².